The molecule has 0 aliphatic heterocycles. The largest absolute Gasteiger partial charge is 0.481 e. The fourth-order valence-corrected chi connectivity index (χ4v) is 2.15. The Morgan fingerprint density at radius 1 is 0.793 bits per heavy atom. The first kappa shape index (κ1) is 26.4. The molecule has 0 aliphatic rings. The maximum Gasteiger partial charge on any atom is 0.386 e. The van der Waals surface area contributed by atoms with Crippen molar-refractivity contribution in [1.29, 1.82) is 0 Å². The van der Waals surface area contributed by atoms with Crippen LogP contribution in [0.4, 0.5) is 0 Å². The first-order chi connectivity index (χ1) is 13.4. The monoisotopic (exact) mass is 445 g/mol. The molecule has 2 rings (SSSR count). The third-order valence-corrected chi connectivity index (χ3v) is 3.63. The number of unbranched alkanes of at least 4 members (excludes halogenated alkanes) is 1. The van der Waals surface area contributed by atoms with E-state index < -0.39 is 17.9 Å². The summed E-state index contributed by atoms with van der Waals surface area (Å²) in [5.41, 5.74) is 0.636. The third kappa shape index (κ3) is 12.4. The number of aliphatic carboxylic acids is 1. The summed E-state index contributed by atoms with van der Waals surface area (Å²) >= 11 is 0. The molecular formula is C22H26CoO6. The Balaban J connectivity index is 0.000000616. The van der Waals surface area contributed by atoms with Crippen LogP contribution >= 0.6 is 0 Å². The van der Waals surface area contributed by atoms with E-state index >= 15 is 0 Å². The fourth-order valence-electron chi connectivity index (χ4n) is 2.15. The van der Waals surface area contributed by atoms with Gasteiger partial charge in [0, 0.05) is 23.2 Å². The predicted octanol–water partition coefficient (Wildman–Crippen LogP) is 4.90. The summed E-state index contributed by atoms with van der Waals surface area (Å²) in [7, 11) is 0. The summed E-state index contributed by atoms with van der Waals surface area (Å²) in [5.74, 6) is -1.39. The van der Waals surface area contributed by atoms with Crippen LogP contribution in [0.2, 0.25) is 0 Å². The van der Waals surface area contributed by atoms with Gasteiger partial charge in [-0.25, -0.2) is 19.4 Å². The quantitative estimate of drug-likeness (QED) is 0.370. The van der Waals surface area contributed by atoms with Crippen molar-refractivity contribution in [3.05, 3.63) is 71.8 Å². The van der Waals surface area contributed by atoms with E-state index in [1.165, 1.54) is 0 Å². The Labute approximate surface area is 181 Å². The summed E-state index contributed by atoms with van der Waals surface area (Å²) in [6, 6.07) is 16.6. The van der Waals surface area contributed by atoms with Gasteiger partial charge in [0.1, 0.15) is 0 Å². The van der Waals surface area contributed by atoms with Crippen LogP contribution in [0.3, 0.4) is 0 Å². The van der Waals surface area contributed by atoms with E-state index in [0.717, 1.165) is 19.3 Å². The SMILES string of the molecule is CC(C)CCCCC(=O)O.O=C(OOC(=O)c1ccccc1)c1ccccc1.[Co]. The number of benzene rings is 2. The van der Waals surface area contributed by atoms with Crippen molar-refractivity contribution < 1.29 is 46.0 Å². The van der Waals surface area contributed by atoms with Crippen LogP contribution in [-0.4, -0.2) is 23.0 Å². The number of rotatable bonds is 7. The molecule has 0 bridgehead atoms. The Morgan fingerprint density at radius 2 is 1.21 bits per heavy atom. The molecule has 0 fully saturated rings. The van der Waals surface area contributed by atoms with Crippen LogP contribution in [0, 0.1) is 5.92 Å². The van der Waals surface area contributed by atoms with Crippen molar-refractivity contribution in [2.45, 2.75) is 39.5 Å². The van der Waals surface area contributed by atoms with E-state index in [0.29, 0.717) is 23.5 Å². The van der Waals surface area contributed by atoms with Crippen LogP contribution in [-0.2, 0) is 31.3 Å². The van der Waals surface area contributed by atoms with Crippen LogP contribution in [0.5, 0.6) is 0 Å². The summed E-state index contributed by atoms with van der Waals surface area (Å²) < 4.78 is 0. The molecule has 0 aromatic heterocycles. The Morgan fingerprint density at radius 3 is 1.55 bits per heavy atom. The zero-order chi connectivity index (χ0) is 20.8. The van der Waals surface area contributed by atoms with Crippen molar-refractivity contribution in [2.75, 3.05) is 0 Å². The van der Waals surface area contributed by atoms with Gasteiger partial charge in [-0.2, -0.15) is 0 Å². The fraction of sp³-hybridized carbons (Fsp3) is 0.318. The molecular weight excluding hydrogens is 419 g/mol. The molecule has 0 atom stereocenters. The predicted molar refractivity (Wildman–Crippen MR) is 105 cm³/mol. The Hall–Kier alpha value is -2.64. The molecule has 6 nitrogen and oxygen atoms in total. The molecule has 29 heavy (non-hydrogen) atoms. The van der Waals surface area contributed by atoms with Crippen LogP contribution in [0.15, 0.2) is 60.7 Å². The minimum absolute atomic E-state index is 0. The topological polar surface area (TPSA) is 89.9 Å². The van der Waals surface area contributed by atoms with E-state index in [2.05, 4.69) is 23.6 Å². The zero-order valence-corrected chi connectivity index (χ0v) is 17.5. The van der Waals surface area contributed by atoms with Crippen molar-refractivity contribution in [3.63, 3.8) is 0 Å². The number of hydrogen-bond donors (Lipinski definition) is 1. The maximum absolute atomic E-state index is 11.5. The van der Waals surface area contributed by atoms with E-state index in [9.17, 15) is 14.4 Å². The van der Waals surface area contributed by atoms with Gasteiger partial charge in [-0.15, -0.1) is 0 Å². The number of carbonyl (C=O) groups is 3. The van der Waals surface area contributed by atoms with Gasteiger partial charge in [0.05, 0.1) is 11.1 Å². The zero-order valence-electron chi connectivity index (χ0n) is 16.5. The minimum Gasteiger partial charge on any atom is -0.481 e. The summed E-state index contributed by atoms with van der Waals surface area (Å²) in [6.07, 6.45) is 3.34. The molecule has 0 unspecified atom stereocenters. The van der Waals surface area contributed by atoms with Crippen molar-refractivity contribution in [3.8, 4) is 0 Å². The maximum atomic E-state index is 11.5. The molecule has 7 heteroatoms. The first-order valence-electron chi connectivity index (χ1n) is 9.15. The molecule has 2 aromatic carbocycles. The van der Waals surface area contributed by atoms with E-state index in [4.69, 9.17) is 5.11 Å². The molecule has 1 N–H and O–H groups in total. The molecule has 0 amide bonds. The molecule has 2 aromatic rings. The Bertz CT molecular complexity index is 680. The second kappa shape index (κ2) is 15.3. The number of hydrogen-bond acceptors (Lipinski definition) is 5. The smallest absolute Gasteiger partial charge is 0.386 e. The summed E-state index contributed by atoms with van der Waals surface area (Å²) in [6.45, 7) is 4.31. The third-order valence-electron chi connectivity index (χ3n) is 3.63. The molecule has 0 saturated carbocycles. The molecule has 0 heterocycles. The standard InChI is InChI=1S/C14H10O4.C8H16O2.Co/c15-13(11-7-3-1-4-8-11)17-18-14(16)12-9-5-2-6-10-12;1-7(2)5-3-4-6-8(9)10;/h1-10H;7H,3-6H2,1-2H3,(H,9,10);. The Kier molecular flexibility index (Phi) is 13.9. The van der Waals surface area contributed by atoms with Gasteiger partial charge in [0.15, 0.2) is 0 Å². The summed E-state index contributed by atoms with van der Waals surface area (Å²) in [5, 5.41) is 8.28. The van der Waals surface area contributed by atoms with Crippen LogP contribution in [0.25, 0.3) is 0 Å². The van der Waals surface area contributed by atoms with Gasteiger partial charge in [0.25, 0.3) is 0 Å². The van der Waals surface area contributed by atoms with Gasteiger partial charge in [-0.05, 0) is 36.6 Å². The van der Waals surface area contributed by atoms with E-state index in [1.807, 2.05) is 0 Å². The van der Waals surface area contributed by atoms with Gasteiger partial charge in [-0.1, -0.05) is 63.1 Å². The van der Waals surface area contributed by atoms with Crippen LogP contribution in [0.1, 0.15) is 60.2 Å². The van der Waals surface area contributed by atoms with Gasteiger partial charge < -0.3 is 5.11 Å². The number of carboxylic acids is 1. The number of carboxylic acid groups (broad SMARTS) is 1. The molecule has 1 radical (unpaired) electrons. The molecule has 0 spiro atoms. The van der Waals surface area contributed by atoms with Crippen molar-refractivity contribution in [2.24, 2.45) is 5.92 Å². The summed E-state index contributed by atoms with van der Waals surface area (Å²) in [4.78, 5) is 41.9. The normalized spacial score (nSPS) is 9.48. The van der Waals surface area contributed by atoms with E-state index in [-0.39, 0.29) is 16.8 Å². The average molecular weight is 445 g/mol. The minimum atomic E-state index is -0.708. The first-order valence-corrected chi connectivity index (χ1v) is 9.15. The van der Waals surface area contributed by atoms with Gasteiger partial charge in [-0.3, -0.25) is 4.79 Å². The molecule has 159 valence electrons. The number of carbonyl (C=O) groups excluding carboxylic acids is 2. The van der Waals surface area contributed by atoms with Crippen molar-refractivity contribution >= 4 is 17.9 Å². The van der Waals surface area contributed by atoms with Gasteiger partial charge in [0.2, 0.25) is 0 Å². The van der Waals surface area contributed by atoms with Crippen LogP contribution < -0.4 is 0 Å². The second-order valence-corrected chi connectivity index (χ2v) is 6.51. The van der Waals surface area contributed by atoms with E-state index in [1.54, 1.807) is 60.7 Å². The molecule has 0 saturated heterocycles. The average Bonchev–Trinajstić information content (AvgIpc) is 2.70. The van der Waals surface area contributed by atoms with Gasteiger partial charge >= 0.3 is 17.9 Å². The van der Waals surface area contributed by atoms with Crippen molar-refractivity contribution in [1.82, 2.24) is 0 Å². The molecule has 0 aliphatic carbocycles. The second-order valence-electron chi connectivity index (χ2n) is 6.51.